The molecule has 1 heterocycles. The summed E-state index contributed by atoms with van der Waals surface area (Å²) in [4.78, 5) is 6.08. The molecule has 0 radical (unpaired) electrons. The Kier molecular flexibility index (Phi) is 5.37. The lowest BCUT2D eigenvalue weighted by atomic mass is 10.1. The third kappa shape index (κ3) is 3.83. The third-order valence-electron chi connectivity index (χ3n) is 3.36. The molecule has 21 heavy (non-hydrogen) atoms. The lowest BCUT2D eigenvalue weighted by Crippen LogP contribution is -2.17. The molecule has 1 unspecified atom stereocenters. The van der Waals surface area contributed by atoms with Crippen molar-refractivity contribution in [2.45, 2.75) is 46.3 Å². The smallest absolute Gasteiger partial charge is 0.119 e. The molecule has 0 aliphatic rings. The summed E-state index contributed by atoms with van der Waals surface area (Å²) in [5, 5.41) is 4.50. The number of nitrogens with one attached hydrogen (secondary N) is 1. The van der Waals surface area contributed by atoms with Gasteiger partial charge in [-0.1, -0.05) is 19.1 Å². The van der Waals surface area contributed by atoms with Crippen LogP contribution in [0, 0.1) is 6.92 Å². The predicted octanol–water partition coefficient (Wildman–Crippen LogP) is 4.11. The largest absolute Gasteiger partial charge is 0.491 e. The van der Waals surface area contributed by atoms with E-state index in [0.717, 1.165) is 17.2 Å². The topological polar surface area (TPSA) is 34.2 Å². The van der Waals surface area contributed by atoms with Crippen LogP contribution >= 0.6 is 11.3 Å². The van der Waals surface area contributed by atoms with E-state index in [-0.39, 0.29) is 12.1 Å². The number of hydrogen-bond donors (Lipinski definition) is 1. The van der Waals surface area contributed by atoms with E-state index in [1.807, 2.05) is 33.0 Å². The van der Waals surface area contributed by atoms with Gasteiger partial charge in [-0.15, -0.1) is 11.3 Å². The summed E-state index contributed by atoms with van der Waals surface area (Å²) < 4.78 is 5.70. The maximum absolute atomic E-state index is 5.70. The molecular formula is C17H24N2OS. The van der Waals surface area contributed by atoms with Crippen LogP contribution in [0.3, 0.4) is 0 Å². The Morgan fingerprint density at radius 1 is 1.24 bits per heavy atom. The molecule has 1 aromatic carbocycles. The SMILES string of the molecule is CCc1nc(C(NC)c2ccc(OC(C)C)cc2)sc1C. The standard InChI is InChI=1S/C17H24N2OS/c1-6-15-12(4)21-17(19-15)16(18-5)13-7-9-14(10-8-13)20-11(2)3/h7-11,16,18H,6H2,1-5H3. The first-order chi connectivity index (χ1) is 10.0. The fourth-order valence-electron chi connectivity index (χ4n) is 2.35. The van der Waals surface area contributed by atoms with Gasteiger partial charge in [-0.3, -0.25) is 0 Å². The minimum absolute atomic E-state index is 0.141. The number of thiazole rings is 1. The van der Waals surface area contributed by atoms with E-state index >= 15 is 0 Å². The second-order valence-electron chi connectivity index (χ2n) is 5.37. The summed E-state index contributed by atoms with van der Waals surface area (Å²) in [7, 11) is 1.98. The number of rotatable bonds is 6. The third-order valence-corrected chi connectivity index (χ3v) is 4.44. The van der Waals surface area contributed by atoms with Crippen molar-refractivity contribution in [3.8, 4) is 5.75 Å². The molecule has 2 aromatic rings. The van der Waals surface area contributed by atoms with Crippen LogP contribution in [-0.4, -0.2) is 18.1 Å². The van der Waals surface area contributed by atoms with Gasteiger partial charge in [0.05, 0.1) is 17.8 Å². The molecule has 3 nitrogen and oxygen atoms in total. The summed E-state index contributed by atoms with van der Waals surface area (Å²) in [6.07, 6.45) is 1.18. The fourth-order valence-corrected chi connectivity index (χ4v) is 3.49. The molecule has 2 rings (SSSR count). The van der Waals surface area contributed by atoms with Gasteiger partial charge >= 0.3 is 0 Å². The maximum Gasteiger partial charge on any atom is 0.119 e. The van der Waals surface area contributed by atoms with Crippen molar-refractivity contribution in [2.75, 3.05) is 7.05 Å². The summed E-state index contributed by atoms with van der Waals surface area (Å²) in [6, 6.07) is 8.42. The van der Waals surface area contributed by atoms with Crippen LogP contribution in [-0.2, 0) is 6.42 Å². The summed E-state index contributed by atoms with van der Waals surface area (Å²) in [6.45, 7) is 8.37. The van der Waals surface area contributed by atoms with Crippen LogP contribution in [0.4, 0.5) is 0 Å². The molecule has 0 fully saturated rings. The van der Waals surface area contributed by atoms with E-state index in [1.54, 1.807) is 11.3 Å². The predicted molar refractivity (Wildman–Crippen MR) is 89.3 cm³/mol. The van der Waals surface area contributed by atoms with Gasteiger partial charge in [-0.25, -0.2) is 4.98 Å². The molecule has 0 aliphatic carbocycles. The molecule has 0 saturated heterocycles. The molecule has 0 saturated carbocycles. The zero-order valence-corrected chi connectivity index (χ0v) is 14.3. The lowest BCUT2D eigenvalue weighted by molar-refractivity contribution is 0.242. The van der Waals surface area contributed by atoms with Crippen molar-refractivity contribution in [2.24, 2.45) is 0 Å². The normalized spacial score (nSPS) is 12.7. The quantitative estimate of drug-likeness (QED) is 0.872. The van der Waals surface area contributed by atoms with Crippen LogP contribution < -0.4 is 10.1 Å². The molecule has 0 aliphatic heterocycles. The number of ether oxygens (including phenoxy) is 1. The van der Waals surface area contributed by atoms with Crippen molar-refractivity contribution in [1.29, 1.82) is 0 Å². The van der Waals surface area contributed by atoms with Gasteiger partial charge < -0.3 is 10.1 Å². The van der Waals surface area contributed by atoms with Crippen LogP contribution in [0.25, 0.3) is 0 Å². The highest BCUT2D eigenvalue weighted by Crippen LogP contribution is 2.29. The maximum atomic E-state index is 5.70. The van der Waals surface area contributed by atoms with Gasteiger partial charge in [0.15, 0.2) is 0 Å². The molecule has 0 amide bonds. The average molecular weight is 304 g/mol. The minimum atomic E-state index is 0.141. The van der Waals surface area contributed by atoms with E-state index in [2.05, 4.69) is 31.3 Å². The van der Waals surface area contributed by atoms with Gasteiger partial charge in [-0.05, 0) is 51.9 Å². The van der Waals surface area contributed by atoms with Crippen LogP contribution in [0.1, 0.15) is 48.0 Å². The zero-order chi connectivity index (χ0) is 15.4. The minimum Gasteiger partial charge on any atom is -0.491 e. The molecule has 1 atom stereocenters. The second-order valence-corrected chi connectivity index (χ2v) is 6.60. The Hall–Kier alpha value is -1.39. The number of nitrogens with zero attached hydrogens (tertiary/aromatic N) is 1. The summed E-state index contributed by atoms with van der Waals surface area (Å²) in [5.74, 6) is 0.910. The highest BCUT2D eigenvalue weighted by molar-refractivity contribution is 7.11. The average Bonchev–Trinajstić information content (AvgIpc) is 2.82. The van der Waals surface area contributed by atoms with Gasteiger partial charge in [0.1, 0.15) is 10.8 Å². The first kappa shape index (κ1) is 16.0. The van der Waals surface area contributed by atoms with E-state index in [4.69, 9.17) is 9.72 Å². The Morgan fingerprint density at radius 2 is 1.90 bits per heavy atom. The molecule has 4 heteroatoms. The number of aryl methyl sites for hydroxylation is 2. The Balaban J connectivity index is 2.24. The molecular weight excluding hydrogens is 280 g/mol. The van der Waals surface area contributed by atoms with Crippen molar-refractivity contribution >= 4 is 11.3 Å². The van der Waals surface area contributed by atoms with Crippen LogP contribution in [0.5, 0.6) is 5.75 Å². The number of aromatic nitrogens is 1. The summed E-state index contributed by atoms with van der Waals surface area (Å²) >= 11 is 1.78. The molecule has 1 aromatic heterocycles. The number of hydrogen-bond acceptors (Lipinski definition) is 4. The first-order valence-corrected chi connectivity index (χ1v) is 8.26. The Labute approximate surface area is 131 Å². The van der Waals surface area contributed by atoms with Gasteiger partial charge in [0, 0.05) is 4.88 Å². The van der Waals surface area contributed by atoms with E-state index < -0.39 is 0 Å². The van der Waals surface area contributed by atoms with E-state index in [1.165, 1.54) is 16.1 Å². The van der Waals surface area contributed by atoms with Crippen molar-refractivity contribution in [1.82, 2.24) is 10.3 Å². The summed E-state index contributed by atoms with van der Waals surface area (Å²) in [5.41, 5.74) is 2.42. The fraction of sp³-hybridized carbons (Fsp3) is 0.471. The van der Waals surface area contributed by atoms with Gasteiger partial charge in [0.2, 0.25) is 0 Å². The molecule has 114 valence electrons. The second kappa shape index (κ2) is 7.05. The highest BCUT2D eigenvalue weighted by Gasteiger charge is 2.17. The van der Waals surface area contributed by atoms with Gasteiger partial charge in [0.25, 0.3) is 0 Å². The number of benzene rings is 1. The van der Waals surface area contributed by atoms with Gasteiger partial charge in [-0.2, -0.15) is 0 Å². The Morgan fingerprint density at radius 3 is 2.38 bits per heavy atom. The van der Waals surface area contributed by atoms with Crippen molar-refractivity contribution < 1.29 is 4.74 Å². The van der Waals surface area contributed by atoms with Crippen LogP contribution in [0.2, 0.25) is 0 Å². The molecule has 0 spiro atoms. The van der Waals surface area contributed by atoms with E-state index in [0.29, 0.717) is 0 Å². The molecule has 1 N–H and O–H groups in total. The van der Waals surface area contributed by atoms with Crippen LogP contribution in [0.15, 0.2) is 24.3 Å². The highest BCUT2D eigenvalue weighted by atomic mass is 32.1. The zero-order valence-electron chi connectivity index (χ0n) is 13.4. The first-order valence-electron chi connectivity index (χ1n) is 7.45. The molecule has 0 bridgehead atoms. The van der Waals surface area contributed by atoms with Crippen molar-refractivity contribution in [3.05, 3.63) is 45.4 Å². The lowest BCUT2D eigenvalue weighted by Gasteiger charge is -2.15. The van der Waals surface area contributed by atoms with E-state index in [9.17, 15) is 0 Å². The monoisotopic (exact) mass is 304 g/mol. The Bertz CT molecular complexity index is 575. The van der Waals surface area contributed by atoms with Crippen molar-refractivity contribution in [3.63, 3.8) is 0 Å².